The molecule has 0 amide bonds. The molecule has 0 saturated heterocycles. The molecule has 0 radical (unpaired) electrons. The summed E-state index contributed by atoms with van der Waals surface area (Å²) >= 11 is 0. The summed E-state index contributed by atoms with van der Waals surface area (Å²) in [6, 6.07) is 3.57. The average Bonchev–Trinajstić information content (AvgIpc) is 2.32. The summed E-state index contributed by atoms with van der Waals surface area (Å²) in [5, 5.41) is 13.2. The first-order valence-electron chi connectivity index (χ1n) is 5.50. The SMILES string of the molecule is O=[N+]([O-])c1ccc(CNCCOCC(F)F)cc1F. The number of hydrogen-bond acceptors (Lipinski definition) is 4. The van der Waals surface area contributed by atoms with E-state index in [4.69, 9.17) is 0 Å². The van der Waals surface area contributed by atoms with Crippen LogP contribution in [-0.2, 0) is 11.3 Å². The van der Waals surface area contributed by atoms with Gasteiger partial charge in [-0.3, -0.25) is 10.1 Å². The van der Waals surface area contributed by atoms with Crippen LogP contribution in [0.25, 0.3) is 0 Å². The van der Waals surface area contributed by atoms with Crippen molar-refractivity contribution in [3.63, 3.8) is 0 Å². The first-order chi connectivity index (χ1) is 9.00. The number of nitro benzene ring substituents is 1. The zero-order valence-corrected chi connectivity index (χ0v) is 9.94. The van der Waals surface area contributed by atoms with Crippen molar-refractivity contribution in [1.29, 1.82) is 0 Å². The number of hydrogen-bond donors (Lipinski definition) is 1. The van der Waals surface area contributed by atoms with Gasteiger partial charge in [-0.25, -0.2) is 8.78 Å². The van der Waals surface area contributed by atoms with Gasteiger partial charge in [-0.05, 0) is 11.6 Å². The summed E-state index contributed by atoms with van der Waals surface area (Å²) in [4.78, 5) is 9.59. The van der Waals surface area contributed by atoms with Gasteiger partial charge in [0.25, 0.3) is 6.43 Å². The number of rotatable bonds is 8. The smallest absolute Gasteiger partial charge is 0.304 e. The fourth-order valence-corrected chi connectivity index (χ4v) is 1.36. The third-order valence-electron chi connectivity index (χ3n) is 2.20. The highest BCUT2D eigenvalue weighted by Gasteiger charge is 2.13. The van der Waals surface area contributed by atoms with Crippen LogP contribution in [0.3, 0.4) is 0 Å². The predicted octanol–water partition coefficient (Wildman–Crippen LogP) is 2.11. The van der Waals surface area contributed by atoms with Crippen molar-refractivity contribution in [3.8, 4) is 0 Å². The molecule has 1 aromatic carbocycles. The molecule has 0 fully saturated rings. The van der Waals surface area contributed by atoms with Gasteiger partial charge in [0.1, 0.15) is 6.61 Å². The highest BCUT2D eigenvalue weighted by Crippen LogP contribution is 2.17. The lowest BCUT2D eigenvalue weighted by molar-refractivity contribution is -0.387. The number of nitrogens with zero attached hydrogens (tertiary/aromatic N) is 1. The Morgan fingerprint density at radius 2 is 2.16 bits per heavy atom. The first kappa shape index (κ1) is 15.4. The molecule has 0 atom stereocenters. The number of halogens is 3. The first-order valence-corrected chi connectivity index (χ1v) is 5.50. The fraction of sp³-hybridized carbons (Fsp3) is 0.455. The normalized spacial score (nSPS) is 10.9. The van der Waals surface area contributed by atoms with E-state index in [2.05, 4.69) is 10.1 Å². The second-order valence-corrected chi connectivity index (χ2v) is 3.69. The van der Waals surface area contributed by atoms with E-state index in [0.717, 1.165) is 12.1 Å². The third-order valence-corrected chi connectivity index (χ3v) is 2.20. The van der Waals surface area contributed by atoms with Gasteiger partial charge in [-0.2, -0.15) is 4.39 Å². The second kappa shape index (κ2) is 7.70. The molecule has 1 rings (SSSR count). The molecule has 5 nitrogen and oxygen atoms in total. The van der Waals surface area contributed by atoms with Crippen LogP contribution >= 0.6 is 0 Å². The van der Waals surface area contributed by atoms with Gasteiger partial charge in [-0.15, -0.1) is 0 Å². The van der Waals surface area contributed by atoms with Crippen LogP contribution < -0.4 is 5.32 Å². The van der Waals surface area contributed by atoms with E-state index in [9.17, 15) is 23.3 Å². The molecule has 0 bridgehead atoms. The Kier molecular flexibility index (Phi) is 6.23. The standard InChI is InChI=1S/C11H13F3N2O3/c12-9-5-8(1-2-10(9)16(17)18)6-15-3-4-19-7-11(13)14/h1-2,5,11,15H,3-4,6-7H2. The largest absolute Gasteiger partial charge is 0.374 e. The molecule has 19 heavy (non-hydrogen) atoms. The van der Waals surface area contributed by atoms with Crippen molar-refractivity contribution in [3.05, 3.63) is 39.7 Å². The van der Waals surface area contributed by atoms with Gasteiger partial charge in [0, 0.05) is 19.2 Å². The van der Waals surface area contributed by atoms with Gasteiger partial charge >= 0.3 is 5.69 Å². The van der Waals surface area contributed by atoms with Crippen molar-refractivity contribution in [2.45, 2.75) is 13.0 Å². The Hall–Kier alpha value is -1.67. The predicted molar refractivity (Wildman–Crippen MR) is 61.6 cm³/mol. The number of nitrogens with one attached hydrogen (secondary N) is 1. The summed E-state index contributed by atoms with van der Waals surface area (Å²) in [6.45, 7) is 0.0892. The highest BCUT2D eigenvalue weighted by atomic mass is 19.3. The Balaban J connectivity index is 2.30. The van der Waals surface area contributed by atoms with Crippen molar-refractivity contribution in [2.24, 2.45) is 0 Å². The van der Waals surface area contributed by atoms with Crippen molar-refractivity contribution >= 4 is 5.69 Å². The molecule has 0 aliphatic carbocycles. The molecule has 106 valence electrons. The lowest BCUT2D eigenvalue weighted by Gasteiger charge is -2.06. The van der Waals surface area contributed by atoms with Crippen LogP contribution in [0.4, 0.5) is 18.9 Å². The van der Waals surface area contributed by atoms with Crippen LogP contribution in [0.1, 0.15) is 5.56 Å². The third kappa shape index (κ3) is 5.66. The molecule has 0 aliphatic heterocycles. The number of benzene rings is 1. The molecule has 0 spiro atoms. The average molecular weight is 278 g/mol. The molecule has 8 heteroatoms. The van der Waals surface area contributed by atoms with Crippen molar-refractivity contribution in [2.75, 3.05) is 19.8 Å². The topological polar surface area (TPSA) is 64.4 Å². The monoisotopic (exact) mass is 278 g/mol. The maximum Gasteiger partial charge on any atom is 0.304 e. The van der Waals surface area contributed by atoms with Gasteiger partial charge < -0.3 is 10.1 Å². The minimum atomic E-state index is -2.50. The van der Waals surface area contributed by atoms with E-state index in [0.29, 0.717) is 12.1 Å². The summed E-state index contributed by atoms with van der Waals surface area (Å²) in [5.74, 6) is -0.904. The van der Waals surface area contributed by atoms with Crippen LogP contribution in [0.15, 0.2) is 18.2 Å². The summed E-state index contributed by atoms with van der Waals surface area (Å²) in [7, 11) is 0. The minimum Gasteiger partial charge on any atom is -0.374 e. The molecule has 0 aromatic heterocycles. The number of ether oxygens (including phenoxy) is 1. The van der Waals surface area contributed by atoms with Gasteiger partial charge in [0.2, 0.25) is 5.82 Å². The fourth-order valence-electron chi connectivity index (χ4n) is 1.36. The zero-order valence-electron chi connectivity index (χ0n) is 9.94. The maximum atomic E-state index is 13.2. The Morgan fingerprint density at radius 1 is 1.42 bits per heavy atom. The van der Waals surface area contributed by atoms with E-state index >= 15 is 0 Å². The van der Waals surface area contributed by atoms with E-state index < -0.39 is 29.5 Å². The molecule has 0 saturated carbocycles. The second-order valence-electron chi connectivity index (χ2n) is 3.69. The highest BCUT2D eigenvalue weighted by molar-refractivity contribution is 5.34. The molecule has 0 heterocycles. The molecule has 0 unspecified atom stereocenters. The molecule has 0 aliphatic rings. The van der Waals surface area contributed by atoms with E-state index in [1.165, 1.54) is 6.07 Å². The molecular weight excluding hydrogens is 265 g/mol. The lowest BCUT2D eigenvalue weighted by Crippen LogP contribution is -2.20. The van der Waals surface area contributed by atoms with Gasteiger partial charge in [0.15, 0.2) is 0 Å². The van der Waals surface area contributed by atoms with Crippen LogP contribution in [0.5, 0.6) is 0 Å². The van der Waals surface area contributed by atoms with Crippen LogP contribution in [-0.4, -0.2) is 31.1 Å². The van der Waals surface area contributed by atoms with Crippen molar-refractivity contribution in [1.82, 2.24) is 5.32 Å². The maximum absolute atomic E-state index is 13.2. The quantitative estimate of drug-likeness (QED) is 0.449. The Labute approximate surface area is 107 Å². The van der Waals surface area contributed by atoms with E-state index in [1.54, 1.807) is 0 Å². The summed E-state index contributed by atoms with van der Waals surface area (Å²) in [5.41, 5.74) is -0.0547. The van der Waals surface area contributed by atoms with E-state index in [1.807, 2.05) is 0 Å². The molecule has 1 aromatic rings. The van der Waals surface area contributed by atoms with Crippen molar-refractivity contribution < 1.29 is 22.8 Å². The molecular formula is C11H13F3N2O3. The van der Waals surface area contributed by atoms with Gasteiger partial charge in [0.05, 0.1) is 11.5 Å². The molecule has 1 N–H and O–H groups in total. The zero-order chi connectivity index (χ0) is 14.3. The van der Waals surface area contributed by atoms with Crippen LogP contribution in [0.2, 0.25) is 0 Å². The van der Waals surface area contributed by atoms with E-state index in [-0.39, 0.29) is 13.2 Å². The lowest BCUT2D eigenvalue weighted by atomic mass is 10.2. The summed E-state index contributed by atoms with van der Waals surface area (Å²) < 4.78 is 41.3. The minimum absolute atomic E-state index is 0.111. The van der Waals surface area contributed by atoms with Crippen LogP contribution in [0, 0.1) is 15.9 Å². The Morgan fingerprint density at radius 3 is 2.74 bits per heavy atom. The Bertz CT molecular complexity index is 430. The van der Waals surface area contributed by atoms with Gasteiger partial charge in [-0.1, -0.05) is 6.07 Å². The number of nitro groups is 1. The number of alkyl halides is 2. The summed E-state index contributed by atoms with van der Waals surface area (Å²) in [6.07, 6.45) is -2.50.